The summed E-state index contributed by atoms with van der Waals surface area (Å²) >= 11 is 0. The van der Waals surface area contributed by atoms with Crippen molar-refractivity contribution in [2.75, 3.05) is 19.6 Å². The molecule has 19 rings (SSSR count). The molecular formula is C92H71B2N5O. The molecule has 4 aliphatic rings. The summed E-state index contributed by atoms with van der Waals surface area (Å²) in [5.41, 5.74) is 30.4. The first-order valence-corrected chi connectivity index (χ1v) is 35.0. The van der Waals surface area contributed by atoms with Crippen LogP contribution in [0.4, 0.5) is 68.2 Å². The standard InChI is InChI=1S/C92H71B2N5O/c1-91(2,3)62-48-50-78-72(52-62)73-53-63(92(4,5)6)49-51-79(73)98(78)69-56-85-89-87(57-69)100-86-59-82-76(58-77(86)94(89)75-45-26-28-47-81(75)97(85)67-40-23-12-24-41-67)93-74-44-25-27-46-80(74)96(66-38-21-11-22-39-66)83-54-68(95(64-34-17-9-18-35-64)65-36-19-10-20-37-65)55-84(88(83)93)99(82)90-70(60-30-13-7-14-31-60)42-29-43-71(90)61-32-15-8-16-33-61/h7-59H,1-6H3. The molecule has 0 N–H and O–H groups in total. The van der Waals surface area contributed by atoms with Crippen LogP contribution in [0.15, 0.2) is 322 Å². The van der Waals surface area contributed by atoms with E-state index in [1.54, 1.807) is 0 Å². The van der Waals surface area contributed by atoms with Crippen molar-refractivity contribution in [3.63, 3.8) is 0 Å². The number of ether oxygens (including phenoxy) is 1. The van der Waals surface area contributed by atoms with Gasteiger partial charge in [-0.05, 0) is 169 Å². The van der Waals surface area contributed by atoms with Gasteiger partial charge in [0.15, 0.2) is 0 Å². The van der Waals surface area contributed by atoms with Crippen molar-refractivity contribution in [1.82, 2.24) is 4.57 Å². The monoisotopic (exact) mass is 1280 g/mol. The lowest BCUT2D eigenvalue weighted by Crippen LogP contribution is -2.64. The number of hydrogen-bond acceptors (Lipinski definition) is 5. The topological polar surface area (TPSA) is 27.1 Å². The summed E-state index contributed by atoms with van der Waals surface area (Å²) < 4.78 is 10.5. The molecule has 0 saturated heterocycles. The maximum absolute atomic E-state index is 8.03. The highest BCUT2D eigenvalue weighted by Crippen LogP contribution is 2.54. The van der Waals surface area contributed by atoms with Crippen molar-refractivity contribution in [2.45, 2.75) is 52.4 Å². The summed E-state index contributed by atoms with van der Waals surface area (Å²) in [6.45, 7) is 13.4. The Balaban J connectivity index is 0.935. The Kier molecular flexibility index (Phi) is 13.5. The summed E-state index contributed by atoms with van der Waals surface area (Å²) in [6.07, 6.45) is 0. The molecule has 15 aromatic rings. The molecule has 0 saturated carbocycles. The quantitative estimate of drug-likeness (QED) is 0.134. The summed E-state index contributed by atoms with van der Waals surface area (Å²) in [7, 11) is 0. The lowest BCUT2D eigenvalue weighted by atomic mass is 9.30. The second-order valence-electron chi connectivity index (χ2n) is 29.2. The lowest BCUT2D eigenvalue weighted by Gasteiger charge is -2.46. The van der Waals surface area contributed by atoms with E-state index in [0.717, 1.165) is 130 Å². The van der Waals surface area contributed by atoms with Gasteiger partial charge in [0.25, 0.3) is 13.4 Å². The Morgan fingerprint density at radius 3 is 1.24 bits per heavy atom. The van der Waals surface area contributed by atoms with Crippen LogP contribution in [0.1, 0.15) is 52.7 Å². The molecule has 0 amide bonds. The Bertz CT molecular complexity index is 5580. The fourth-order valence-electron chi connectivity index (χ4n) is 16.6. The first kappa shape index (κ1) is 59.3. The fraction of sp³-hybridized carbons (Fsp3) is 0.0870. The van der Waals surface area contributed by atoms with Crippen molar-refractivity contribution in [3.8, 4) is 39.4 Å². The van der Waals surface area contributed by atoms with Gasteiger partial charge in [-0.1, -0.05) is 248 Å². The van der Waals surface area contributed by atoms with Gasteiger partial charge >= 0.3 is 0 Å². The summed E-state index contributed by atoms with van der Waals surface area (Å²) in [4.78, 5) is 10.1. The third-order valence-corrected chi connectivity index (χ3v) is 21.2. The van der Waals surface area contributed by atoms with Crippen LogP contribution in [0.5, 0.6) is 11.5 Å². The van der Waals surface area contributed by atoms with Gasteiger partial charge in [0.1, 0.15) is 11.5 Å². The van der Waals surface area contributed by atoms with Gasteiger partial charge < -0.3 is 28.9 Å². The number of rotatable bonds is 9. The van der Waals surface area contributed by atoms with Gasteiger partial charge in [0.05, 0.1) is 28.1 Å². The van der Waals surface area contributed by atoms with Gasteiger partial charge in [0, 0.05) is 90.9 Å². The summed E-state index contributed by atoms with van der Waals surface area (Å²) in [6, 6.07) is 120. The van der Waals surface area contributed by atoms with Crippen molar-refractivity contribution in [3.05, 3.63) is 333 Å². The second kappa shape index (κ2) is 22.8. The average Bonchev–Trinajstić information content (AvgIpc) is 0.743. The van der Waals surface area contributed by atoms with Gasteiger partial charge in [-0.15, -0.1) is 0 Å². The molecule has 0 bridgehead atoms. The molecule has 0 aliphatic carbocycles. The van der Waals surface area contributed by atoms with Crippen LogP contribution < -0.4 is 57.1 Å². The molecule has 1 aromatic heterocycles. The number of para-hydroxylation sites is 7. The van der Waals surface area contributed by atoms with Gasteiger partial charge in [-0.25, -0.2) is 0 Å². The first-order valence-electron chi connectivity index (χ1n) is 35.0. The van der Waals surface area contributed by atoms with E-state index in [4.69, 9.17) is 4.74 Å². The smallest absolute Gasteiger partial charge is 0.256 e. The SMILES string of the molecule is CC(C)(C)c1ccc2c(c1)c1cc(C(C)(C)C)ccc1n2-c1cc2c3c(c1)N(c1ccccc1)c1ccccc1B3c1cc3c(cc1O2)N(c1c(-c2ccccc2)cccc1-c1ccccc1)c1cc(N(c2ccccc2)c2ccccc2)cc2c1B3c1ccccc1N2c1ccccc1. The highest BCUT2D eigenvalue weighted by atomic mass is 16.5. The van der Waals surface area contributed by atoms with E-state index >= 15 is 0 Å². The predicted molar refractivity (Wildman–Crippen MR) is 424 cm³/mol. The van der Waals surface area contributed by atoms with E-state index in [1.807, 2.05) is 0 Å². The van der Waals surface area contributed by atoms with Crippen molar-refractivity contribution in [2.24, 2.45) is 0 Å². The third kappa shape index (κ3) is 9.34. The number of hydrogen-bond donors (Lipinski definition) is 0. The number of benzene rings is 14. The van der Waals surface area contributed by atoms with Crippen LogP contribution in [0, 0.1) is 0 Å². The maximum atomic E-state index is 8.03. The van der Waals surface area contributed by atoms with Crippen molar-refractivity contribution in [1.29, 1.82) is 0 Å². The van der Waals surface area contributed by atoms with E-state index in [9.17, 15) is 0 Å². The van der Waals surface area contributed by atoms with E-state index in [1.165, 1.54) is 43.8 Å². The molecule has 4 aliphatic heterocycles. The molecule has 8 heteroatoms. The van der Waals surface area contributed by atoms with Crippen molar-refractivity contribution < 1.29 is 4.74 Å². The largest absolute Gasteiger partial charge is 0.458 e. The minimum atomic E-state index is -0.228. The molecule has 0 unspecified atom stereocenters. The van der Waals surface area contributed by atoms with Crippen LogP contribution in [0.25, 0.3) is 49.7 Å². The number of nitrogens with zero attached hydrogens (tertiary/aromatic N) is 5. The van der Waals surface area contributed by atoms with E-state index in [-0.39, 0.29) is 24.3 Å². The van der Waals surface area contributed by atoms with Crippen LogP contribution >= 0.6 is 0 Å². The fourth-order valence-corrected chi connectivity index (χ4v) is 16.6. The highest BCUT2D eigenvalue weighted by molar-refractivity contribution is 7.02. The van der Waals surface area contributed by atoms with E-state index in [0.29, 0.717) is 0 Å². The summed E-state index contributed by atoms with van der Waals surface area (Å²) in [5, 5.41) is 2.48. The van der Waals surface area contributed by atoms with Crippen LogP contribution in [-0.2, 0) is 10.8 Å². The number of aromatic nitrogens is 1. The minimum Gasteiger partial charge on any atom is -0.458 e. The Hall–Kier alpha value is -12.0. The molecule has 100 heavy (non-hydrogen) atoms. The molecule has 0 radical (unpaired) electrons. The second-order valence-corrected chi connectivity index (χ2v) is 29.2. The molecular weight excluding hydrogens is 1210 g/mol. The van der Waals surface area contributed by atoms with Crippen LogP contribution in [-0.4, -0.2) is 18.0 Å². The van der Waals surface area contributed by atoms with Gasteiger partial charge in [-0.2, -0.15) is 0 Å². The van der Waals surface area contributed by atoms with Gasteiger partial charge in [-0.3, -0.25) is 0 Å². The summed E-state index contributed by atoms with van der Waals surface area (Å²) in [5.74, 6) is 1.65. The predicted octanol–water partition coefficient (Wildman–Crippen LogP) is 20.7. The zero-order valence-corrected chi connectivity index (χ0v) is 56.9. The van der Waals surface area contributed by atoms with E-state index in [2.05, 4.69) is 387 Å². The first-order chi connectivity index (χ1) is 48.9. The van der Waals surface area contributed by atoms with Crippen LogP contribution in [0.3, 0.4) is 0 Å². The zero-order valence-electron chi connectivity index (χ0n) is 56.9. The molecule has 14 aromatic carbocycles. The van der Waals surface area contributed by atoms with Crippen molar-refractivity contribution >= 4 is 136 Å². The minimum absolute atomic E-state index is 0.0538. The molecule has 6 nitrogen and oxygen atoms in total. The average molecular weight is 1280 g/mol. The normalized spacial score (nSPS) is 13.3. The molecule has 0 atom stereocenters. The Labute approximate surface area is 586 Å². The number of fused-ring (bicyclic) bond motifs is 11. The zero-order chi connectivity index (χ0) is 67.1. The maximum Gasteiger partial charge on any atom is 0.256 e. The van der Waals surface area contributed by atoms with Gasteiger partial charge in [0.2, 0.25) is 0 Å². The lowest BCUT2D eigenvalue weighted by molar-refractivity contribution is 0.487. The molecule has 0 spiro atoms. The molecule has 5 heterocycles. The third-order valence-electron chi connectivity index (χ3n) is 21.2. The van der Waals surface area contributed by atoms with Crippen LogP contribution in [0.2, 0.25) is 0 Å². The highest BCUT2D eigenvalue weighted by Gasteiger charge is 2.49. The molecule has 0 fully saturated rings. The van der Waals surface area contributed by atoms with E-state index < -0.39 is 0 Å². The molecule has 476 valence electrons. The number of anilines is 12. The Morgan fingerprint density at radius 1 is 0.300 bits per heavy atom. The Morgan fingerprint density at radius 2 is 0.740 bits per heavy atom.